The van der Waals surface area contributed by atoms with Gasteiger partial charge in [0.15, 0.2) is 5.78 Å². The molecule has 3 rings (SSSR count). The lowest BCUT2D eigenvalue weighted by atomic mass is 10.1. The van der Waals surface area contributed by atoms with Crippen LogP contribution in [0.3, 0.4) is 0 Å². The van der Waals surface area contributed by atoms with Crippen LogP contribution in [-0.2, 0) is 10.0 Å². The second kappa shape index (κ2) is 7.42. The molecule has 8 heteroatoms. The highest BCUT2D eigenvalue weighted by Gasteiger charge is 2.20. The van der Waals surface area contributed by atoms with Crippen LogP contribution in [0.4, 0.5) is 4.39 Å². The number of benzene rings is 2. The molecule has 0 saturated carbocycles. The van der Waals surface area contributed by atoms with Crippen molar-refractivity contribution in [3.63, 3.8) is 0 Å². The number of hydrogen-bond acceptors (Lipinski definition) is 4. The molecule has 1 N–H and O–H groups in total. The Balaban J connectivity index is 1.82. The van der Waals surface area contributed by atoms with Crippen molar-refractivity contribution in [3.05, 3.63) is 77.4 Å². The minimum Gasteiger partial charge on any atom is -0.293 e. The van der Waals surface area contributed by atoms with Gasteiger partial charge in [0, 0.05) is 17.5 Å². The molecule has 0 radical (unpaired) electrons. The van der Waals surface area contributed by atoms with Crippen LogP contribution in [0.1, 0.15) is 21.6 Å². The Hall–Kier alpha value is -2.84. The molecule has 0 amide bonds. The summed E-state index contributed by atoms with van der Waals surface area (Å²) in [7, 11) is -4.13. The van der Waals surface area contributed by atoms with E-state index in [0.717, 1.165) is 23.4 Å². The summed E-state index contributed by atoms with van der Waals surface area (Å²) in [5.74, 6) is -1.30. The van der Waals surface area contributed by atoms with Crippen LogP contribution < -0.4 is 4.72 Å². The number of hydrogen-bond donors (Lipinski definition) is 1. The van der Waals surface area contributed by atoms with Gasteiger partial charge in [0.25, 0.3) is 0 Å². The molecule has 140 valence electrons. The number of aromatic nitrogens is 2. The third-order valence-electron chi connectivity index (χ3n) is 4.01. The zero-order valence-electron chi connectivity index (χ0n) is 14.8. The van der Waals surface area contributed by atoms with Gasteiger partial charge >= 0.3 is 0 Å². The van der Waals surface area contributed by atoms with Gasteiger partial charge in [0.2, 0.25) is 10.0 Å². The predicted molar refractivity (Wildman–Crippen MR) is 99.0 cm³/mol. The number of ketones is 1. The molecule has 2 aromatic carbocycles. The smallest absolute Gasteiger partial charge is 0.243 e. The van der Waals surface area contributed by atoms with Crippen LogP contribution >= 0.6 is 0 Å². The van der Waals surface area contributed by atoms with Crippen molar-refractivity contribution >= 4 is 15.8 Å². The molecule has 0 bridgehead atoms. The first-order valence-electron chi connectivity index (χ1n) is 8.18. The topological polar surface area (TPSA) is 81.1 Å². The van der Waals surface area contributed by atoms with Gasteiger partial charge in [-0.2, -0.15) is 5.10 Å². The summed E-state index contributed by atoms with van der Waals surface area (Å²) in [4.78, 5) is 12.0. The van der Waals surface area contributed by atoms with E-state index in [4.69, 9.17) is 0 Å². The van der Waals surface area contributed by atoms with Crippen LogP contribution in [0, 0.1) is 19.7 Å². The highest BCUT2D eigenvalue weighted by molar-refractivity contribution is 7.89. The van der Waals surface area contributed by atoms with Crippen LogP contribution in [-0.4, -0.2) is 30.5 Å². The standard InChI is InChI=1S/C19H18FN3O3S/c1-13-9-15(11-16(10-13)23-14(2)7-8-21-23)18(24)12-22-27(25,26)19-6-4-3-5-17(19)20/h3-11,22H,12H2,1-2H3. The summed E-state index contributed by atoms with van der Waals surface area (Å²) in [5, 5.41) is 4.21. The SMILES string of the molecule is Cc1cc(C(=O)CNS(=O)(=O)c2ccccc2F)cc(-n2nccc2C)c1. The highest BCUT2D eigenvalue weighted by Crippen LogP contribution is 2.17. The molecule has 0 unspecified atom stereocenters. The lowest BCUT2D eigenvalue weighted by Crippen LogP contribution is -2.30. The van der Waals surface area contributed by atoms with E-state index in [2.05, 4.69) is 9.82 Å². The van der Waals surface area contributed by atoms with E-state index >= 15 is 0 Å². The molecule has 0 saturated heterocycles. The van der Waals surface area contributed by atoms with E-state index in [1.807, 2.05) is 26.0 Å². The molecule has 0 aliphatic carbocycles. The van der Waals surface area contributed by atoms with Gasteiger partial charge in [-0.25, -0.2) is 22.2 Å². The third-order valence-corrected chi connectivity index (χ3v) is 5.44. The van der Waals surface area contributed by atoms with Crippen molar-refractivity contribution in [2.45, 2.75) is 18.7 Å². The van der Waals surface area contributed by atoms with Crippen LogP contribution in [0.25, 0.3) is 5.69 Å². The Morgan fingerprint density at radius 1 is 1.15 bits per heavy atom. The minimum atomic E-state index is -4.13. The van der Waals surface area contributed by atoms with Crippen molar-refractivity contribution in [2.75, 3.05) is 6.54 Å². The van der Waals surface area contributed by atoms with Gasteiger partial charge in [0.05, 0.1) is 12.2 Å². The van der Waals surface area contributed by atoms with Crippen molar-refractivity contribution in [2.24, 2.45) is 0 Å². The van der Waals surface area contributed by atoms with Gasteiger partial charge in [0.1, 0.15) is 10.7 Å². The van der Waals surface area contributed by atoms with E-state index in [1.54, 1.807) is 23.0 Å². The van der Waals surface area contributed by atoms with Crippen molar-refractivity contribution in [1.82, 2.24) is 14.5 Å². The number of rotatable bonds is 6. The number of carbonyl (C=O) groups is 1. The highest BCUT2D eigenvalue weighted by atomic mass is 32.2. The normalized spacial score (nSPS) is 11.5. The van der Waals surface area contributed by atoms with E-state index in [-0.39, 0.29) is 0 Å². The number of aryl methyl sites for hydroxylation is 2. The molecule has 1 heterocycles. The lowest BCUT2D eigenvalue weighted by Gasteiger charge is -2.10. The molecule has 0 aliphatic rings. The zero-order chi connectivity index (χ0) is 19.6. The largest absolute Gasteiger partial charge is 0.293 e. The maximum atomic E-state index is 13.7. The average molecular weight is 387 g/mol. The second-order valence-electron chi connectivity index (χ2n) is 6.12. The Labute approximate surface area is 156 Å². The monoisotopic (exact) mass is 387 g/mol. The molecule has 0 atom stereocenters. The van der Waals surface area contributed by atoms with Crippen LogP contribution in [0.5, 0.6) is 0 Å². The predicted octanol–water partition coefficient (Wildman–Crippen LogP) is 2.79. The maximum absolute atomic E-state index is 13.7. The zero-order valence-corrected chi connectivity index (χ0v) is 15.6. The van der Waals surface area contributed by atoms with E-state index in [9.17, 15) is 17.6 Å². The number of Topliss-reactive ketones (excluding diaryl/α,β-unsaturated/α-hetero) is 1. The van der Waals surface area contributed by atoms with E-state index < -0.39 is 33.1 Å². The number of halogens is 1. The number of nitrogens with zero attached hydrogens (tertiary/aromatic N) is 2. The molecular formula is C19H18FN3O3S. The van der Waals surface area contributed by atoms with Crippen molar-refractivity contribution in [3.8, 4) is 5.69 Å². The van der Waals surface area contributed by atoms with Crippen molar-refractivity contribution in [1.29, 1.82) is 0 Å². The molecule has 0 fully saturated rings. The van der Waals surface area contributed by atoms with Gasteiger partial charge in [-0.1, -0.05) is 12.1 Å². The third kappa shape index (κ3) is 4.12. The van der Waals surface area contributed by atoms with Crippen LogP contribution in [0.15, 0.2) is 59.6 Å². The molecule has 1 aromatic heterocycles. The summed E-state index contributed by atoms with van der Waals surface area (Å²) in [6.45, 7) is 3.25. The summed E-state index contributed by atoms with van der Waals surface area (Å²) < 4.78 is 42.0. The Kier molecular flexibility index (Phi) is 5.20. The molecule has 6 nitrogen and oxygen atoms in total. The minimum absolute atomic E-state index is 0.344. The lowest BCUT2D eigenvalue weighted by molar-refractivity contribution is 0.0997. The summed E-state index contributed by atoms with van der Waals surface area (Å²) in [6, 6.07) is 12.0. The summed E-state index contributed by atoms with van der Waals surface area (Å²) >= 11 is 0. The summed E-state index contributed by atoms with van der Waals surface area (Å²) in [5.41, 5.74) is 2.79. The quantitative estimate of drug-likeness (QED) is 0.660. The Morgan fingerprint density at radius 3 is 2.56 bits per heavy atom. The van der Waals surface area contributed by atoms with Gasteiger partial charge in [-0.15, -0.1) is 0 Å². The Morgan fingerprint density at radius 2 is 1.89 bits per heavy atom. The fraction of sp³-hybridized carbons (Fsp3) is 0.158. The molecule has 27 heavy (non-hydrogen) atoms. The first-order chi connectivity index (χ1) is 12.8. The fourth-order valence-electron chi connectivity index (χ4n) is 2.69. The second-order valence-corrected chi connectivity index (χ2v) is 7.86. The fourth-order valence-corrected chi connectivity index (χ4v) is 3.75. The first kappa shape index (κ1) is 18.9. The van der Waals surface area contributed by atoms with Gasteiger partial charge < -0.3 is 0 Å². The molecule has 0 spiro atoms. The molecule has 0 aliphatic heterocycles. The molecular weight excluding hydrogens is 369 g/mol. The number of sulfonamides is 1. The van der Waals surface area contributed by atoms with E-state index in [0.29, 0.717) is 11.3 Å². The van der Waals surface area contributed by atoms with E-state index in [1.165, 1.54) is 12.1 Å². The molecule has 3 aromatic rings. The first-order valence-corrected chi connectivity index (χ1v) is 9.66. The van der Waals surface area contributed by atoms with Crippen LogP contribution in [0.2, 0.25) is 0 Å². The average Bonchev–Trinajstić information content (AvgIpc) is 3.05. The van der Waals surface area contributed by atoms with Gasteiger partial charge in [-0.3, -0.25) is 4.79 Å². The number of nitrogens with one attached hydrogen (secondary N) is 1. The van der Waals surface area contributed by atoms with Crippen molar-refractivity contribution < 1.29 is 17.6 Å². The summed E-state index contributed by atoms with van der Waals surface area (Å²) in [6.07, 6.45) is 1.65. The van der Waals surface area contributed by atoms with Gasteiger partial charge in [-0.05, 0) is 55.8 Å². The number of carbonyl (C=O) groups excluding carboxylic acids is 1. The maximum Gasteiger partial charge on any atom is 0.243 e. The Bertz CT molecular complexity index is 1110.